The average Bonchev–Trinajstić information content (AvgIpc) is 3.12. The summed E-state index contributed by atoms with van der Waals surface area (Å²) < 4.78 is 0. The Hall–Kier alpha value is -2.32. The third kappa shape index (κ3) is 4.61. The van der Waals surface area contributed by atoms with E-state index in [1.54, 1.807) is 24.3 Å². The van der Waals surface area contributed by atoms with E-state index >= 15 is 0 Å². The van der Waals surface area contributed by atoms with Gasteiger partial charge in [0.25, 0.3) is 11.5 Å². The van der Waals surface area contributed by atoms with E-state index < -0.39 is 11.5 Å². The summed E-state index contributed by atoms with van der Waals surface area (Å²) in [7, 11) is 0. The van der Waals surface area contributed by atoms with Crippen LogP contribution in [0.5, 0.6) is 0 Å². The standard InChI is InChI=1S/C17H21N5O2S/c18-14-13(19-15(23)12-6-2-1-3-7-12)16(24)21-17(20-14)25-11-10-22-8-4-5-9-22/h1-3,6-7H,4-5,8-11H2,(H,19,23)(H3,18,20,21,24). The topological polar surface area (TPSA) is 104 Å². The van der Waals surface area contributed by atoms with Crippen molar-refractivity contribution >= 4 is 29.2 Å². The van der Waals surface area contributed by atoms with Crippen molar-refractivity contribution < 1.29 is 4.79 Å². The number of nitrogens with zero attached hydrogens (tertiary/aromatic N) is 2. The maximum atomic E-state index is 12.2. The van der Waals surface area contributed by atoms with Crippen LogP contribution in [-0.4, -0.2) is 46.2 Å². The third-order valence-electron chi connectivity index (χ3n) is 4.05. The maximum Gasteiger partial charge on any atom is 0.277 e. The number of nitrogens with two attached hydrogens (primary N) is 1. The first kappa shape index (κ1) is 17.5. The van der Waals surface area contributed by atoms with E-state index in [0.717, 1.165) is 25.4 Å². The normalized spacial score (nSPS) is 14.6. The fraction of sp³-hybridized carbons (Fsp3) is 0.353. The molecule has 0 bridgehead atoms. The van der Waals surface area contributed by atoms with E-state index in [1.165, 1.54) is 24.6 Å². The van der Waals surface area contributed by atoms with Crippen LogP contribution in [0.3, 0.4) is 0 Å². The minimum atomic E-state index is -0.444. The first-order valence-electron chi connectivity index (χ1n) is 8.25. The van der Waals surface area contributed by atoms with Crippen molar-refractivity contribution in [1.82, 2.24) is 14.9 Å². The number of hydrogen-bond donors (Lipinski definition) is 3. The summed E-state index contributed by atoms with van der Waals surface area (Å²) in [6.07, 6.45) is 2.50. The van der Waals surface area contributed by atoms with Gasteiger partial charge in [-0.25, -0.2) is 4.98 Å². The lowest BCUT2D eigenvalue weighted by Crippen LogP contribution is -2.24. The number of likely N-dealkylation sites (tertiary alicyclic amines) is 1. The molecule has 0 atom stereocenters. The Morgan fingerprint density at radius 2 is 2.00 bits per heavy atom. The molecule has 0 radical (unpaired) electrons. The zero-order valence-corrected chi connectivity index (χ0v) is 14.6. The Labute approximate surface area is 150 Å². The number of hydrogen-bond acceptors (Lipinski definition) is 6. The molecule has 7 nitrogen and oxygen atoms in total. The minimum Gasteiger partial charge on any atom is -0.382 e. The predicted molar refractivity (Wildman–Crippen MR) is 100 cm³/mol. The van der Waals surface area contributed by atoms with Gasteiger partial charge in [0.1, 0.15) is 5.69 Å². The van der Waals surface area contributed by atoms with Gasteiger partial charge < -0.3 is 16.0 Å². The molecule has 0 aliphatic carbocycles. The molecule has 25 heavy (non-hydrogen) atoms. The summed E-state index contributed by atoms with van der Waals surface area (Å²) in [6, 6.07) is 8.64. The molecule has 8 heteroatoms. The van der Waals surface area contributed by atoms with Gasteiger partial charge in [-0.15, -0.1) is 0 Å². The SMILES string of the molecule is Nc1nc(SCCN2CCCC2)[nH]c(=O)c1NC(=O)c1ccccc1. The molecular formula is C17H21N5O2S. The van der Waals surface area contributed by atoms with Crippen molar-refractivity contribution in [2.45, 2.75) is 18.0 Å². The van der Waals surface area contributed by atoms with Crippen LogP contribution >= 0.6 is 11.8 Å². The van der Waals surface area contributed by atoms with Gasteiger partial charge in [-0.1, -0.05) is 30.0 Å². The van der Waals surface area contributed by atoms with Crippen molar-refractivity contribution in [3.8, 4) is 0 Å². The van der Waals surface area contributed by atoms with E-state index in [-0.39, 0.29) is 11.5 Å². The fourth-order valence-electron chi connectivity index (χ4n) is 2.71. The zero-order chi connectivity index (χ0) is 17.6. The highest BCUT2D eigenvalue weighted by molar-refractivity contribution is 7.99. The molecule has 1 aromatic heterocycles. The van der Waals surface area contributed by atoms with Crippen molar-refractivity contribution in [2.75, 3.05) is 36.4 Å². The van der Waals surface area contributed by atoms with Gasteiger partial charge in [0, 0.05) is 17.9 Å². The van der Waals surface area contributed by atoms with Gasteiger partial charge in [0.15, 0.2) is 11.0 Å². The molecule has 1 aliphatic rings. The summed E-state index contributed by atoms with van der Waals surface area (Å²) in [6.45, 7) is 3.23. The molecule has 0 spiro atoms. The van der Waals surface area contributed by atoms with Gasteiger partial charge in [0.2, 0.25) is 0 Å². The molecular weight excluding hydrogens is 338 g/mol. The number of nitrogens with one attached hydrogen (secondary N) is 2. The number of anilines is 2. The number of carbonyl (C=O) groups excluding carboxylic acids is 1. The van der Waals surface area contributed by atoms with E-state index in [9.17, 15) is 9.59 Å². The largest absolute Gasteiger partial charge is 0.382 e. The molecule has 1 aliphatic heterocycles. The lowest BCUT2D eigenvalue weighted by molar-refractivity contribution is 0.102. The van der Waals surface area contributed by atoms with Crippen molar-refractivity contribution in [1.29, 1.82) is 0 Å². The minimum absolute atomic E-state index is 0.0160. The Balaban J connectivity index is 1.63. The van der Waals surface area contributed by atoms with Gasteiger partial charge >= 0.3 is 0 Å². The van der Waals surface area contributed by atoms with Gasteiger partial charge in [0.05, 0.1) is 0 Å². The second-order valence-corrected chi connectivity index (χ2v) is 6.93. The Morgan fingerprint density at radius 1 is 1.28 bits per heavy atom. The molecule has 4 N–H and O–H groups in total. The lowest BCUT2D eigenvalue weighted by atomic mass is 10.2. The number of carbonyl (C=O) groups is 1. The van der Waals surface area contributed by atoms with Gasteiger partial charge in [-0.05, 0) is 38.1 Å². The Morgan fingerprint density at radius 3 is 2.68 bits per heavy atom. The summed E-state index contributed by atoms with van der Waals surface area (Å²) in [4.78, 5) is 33.7. The molecule has 1 saturated heterocycles. The monoisotopic (exact) mass is 359 g/mol. The molecule has 1 aromatic carbocycles. The Bertz CT molecular complexity index is 787. The van der Waals surface area contributed by atoms with Gasteiger partial charge in [-0.2, -0.15) is 0 Å². The summed E-state index contributed by atoms with van der Waals surface area (Å²) >= 11 is 1.46. The Kier molecular flexibility index (Phi) is 5.72. The average molecular weight is 359 g/mol. The number of aromatic nitrogens is 2. The third-order valence-corrected chi connectivity index (χ3v) is 4.90. The number of benzene rings is 1. The van der Waals surface area contributed by atoms with Crippen molar-refractivity contribution in [2.24, 2.45) is 0 Å². The van der Waals surface area contributed by atoms with Crippen LogP contribution in [0, 0.1) is 0 Å². The number of H-pyrrole nitrogens is 1. The van der Waals surface area contributed by atoms with Crippen LogP contribution in [0.2, 0.25) is 0 Å². The maximum absolute atomic E-state index is 12.2. The quantitative estimate of drug-likeness (QED) is 0.537. The van der Waals surface area contributed by atoms with Crippen LogP contribution < -0.4 is 16.6 Å². The lowest BCUT2D eigenvalue weighted by Gasteiger charge is -2.13. The molecule has 1 fully saturated rings. The smallest absolute Gasteiger partial charge is 0.277 e. The van der Waals surface area contributed by atoms with Crippen LogP contribution in [0.4, 0.5) is 11.5 Å². The van der Waals surface area contributed by atoms with Crippen LogP contribution in [-0.2, 0) is 0 Å². The zero-order valence-electron chi connectivity index (χ0n) is 13.8. The summed E-state index contributed by atoms with van der Waals surface area (Å²) in [5, 5.41) is 3.01. The number of amides is 1. The molecule has 0 saturated carbocycles. The van der Waals surface area contributed by atoms with Crippen molar-refractivity contribution in [3.05, 3.63) is 46.2 Å². The van der Waals surface area contributed by atoms with Crippen LogP contribution in [0.1, 0.15) is 23.2 Å². The first-order chi connectivity index (χ1) is 12.1. The highest BCUT2D eigenvalue weighted by Gasteiger charge is 2.15. The highest BCUT2D eigenvalue weighted by Crippen LogP contribution is 2.18. The number of thioether (sulfide) groups is 1. The fourth-order valence-corrected chi connectivity index (χ4v) is 3.58. The number of aromatic amines is 1. The predicted octanol–water partition coefficient (Wildman–Crippen LogP) is 1.79. The first-order valence-corrected chi connectivity index (χ1v) is 9.23. The summed E-state index contributed by atoms with van der Waals surface area (Å²) in [5.41, 5.74) is 5.86. The van der Waals surface area contributed by atoms with Gasteiger partial charge in [-0.3, -0.25) is 14.6 Å². The molecule has 2 aromatic rings. The van der Waals surface area contributed by atoms with Crippen LogP contribution in [0.25, 0.3) is 0 Å². The van der Waals surface area contributed by atoms with Crippen LogP contribution in [0.15, 0.2) is 40.3 Å². The molecule has 3 rings (SSSR count). The van der Waals surface area contributed by atoms with Crippen molar-refractivity contribution in [3.63, 3.8) is 0 Å². The molecule has 2 heterocycles. The molecule has 0 unspecified atom stereocenters. The number of rotatable bonds is 6. The second kappa shape index (κ2) is 8.17. The van der Waals surface area contributed by atoms with E-state index in [0.29, 0.717) is 10.7 Å². The van der Waals surface area contributed by atoms with E-state index in [1.807, 2.05) is 6.07 Å². The van der Waals surface area contributed by atoms with E-state index in [2.05, 4.69) is 20.2 Å². The highest BCUT2D eigenvalue weighted by atomic mass is 32.2. The second-order valence-electron chi connectivity index (χ2n) is 5.85. The molecule has 132 valence electrons. The number of nitrogen functional groups attached to an aromatic ring is 1. The molecule has 1 amide bonds. The van der Waals surface area contributed by atoms with E-state index in [4.69, 9.17) is 5.73 Å². The summed E-state index contributed by atoms with van der Waals surface area (Å²) in [5.74, 6) is 0.462.